The minimum atomic E-state index is -3.73. The standard InChI is InChI=1S/C20H21ClN2O2S/c1-15-4-2-3-5-20(15)23(18-10-6-16(14-22)7-11-18)26(24,25)19-12-8-17(21)9-13-19/h6-13,15,20H,2-5H2,1H3. The second-order valence-corrected chi connectivity index (χ2v) is 8.99. The van der Waals surface area contributed by atoms with E-state index in [1.807, 2.05) is 0 Å². The number of halogens is 1. The largest absolute Gasteiger partial charge is 0.264 e. The lowest BCUT2D eigenvalue weighted by molar-refractivity contribution is 0.332. The third-order valence-electron chi connectivity index (χ3n) is 4.99. The number of hydrogen-bond acceptors (Lipinski definition) is 3. The minimum absolute atomic E-state index is 0.0997. The van der Waals surface area contributed by atoms with Gasteiger partial charge in [-0.2, -0.15) is 5.26 Å². The number of nitriles is 1. The van der Waals surface area contributed by atoms with Crippen LogP contribution in [0.4, 0.5) is 5.69 Å². The van der Waals surface area contributed by atoms with Crippen LogP contribution in [0.15, 0.2) is 53.4 Å². The van der Waals surface area contributed by atoms with Crippen molar-refractivity contribution in [3.8, 4) is 6.07 Å². The molecule has 1 saturated carbocycles. The first-order chi connectivity index (χ1) is 12.4. The van der Waals surface area contributed by atoms with Crippen molar-refractivity contribution in [1.29, 1.82) is 5.26 Å². The lowest BCUT2D eigenvalue weighted by atomic mass is 9.86. The van der Waals surface area contributed by atoms with Gasteiger partial charge in [0.05, 0.1) is 22.2 Å². The zero-order valence-corrected chi connectivity index (χ0v) is 16.2. The molecule has 1 fully saturated rings. The van der Waals surface area contributed by atoms with Crippen LogP contribution in [-0.2, 0) is 10.0 Å². The Morgan fingerprint density at radius 1 is 1.04 bits per heavy atom. The number of anilines is 1. The fraction of sp³-hybridized carbons (Fsp3) is 0.350. The molecule has 3 rings (SSSR count). The maximum absolute atomic E-state index is 13.5. The molecule has 2 unspecified atom stereocenters. The summed E-state index contributed by atoms with van der Waals surface area (Å²) < 4.78 is 28.5. The van der Waals surface area contributed by atoms with Gasteiger partial charge < -0.3 is 0 Å². The molecule has 0 aliphatic heterocycles. The van der Waals surface area contributed by atoms with E-state index < -0.39 is 10.0 Å². The van der Waals surface area contributed by atoms with Gasteiger partial charge in [-0.15, -0.1) is 0 Å². The fourth-order valence-electron chi connectivity index (χ4n) is 3.56. The van der Waals surface area contributed by atoms with Crippen LogP contribution in [0.2, 0.25) is 5.02 Å². The van der Waals surface area contributed by atoms with Crippen molar-refractivity contribution in [1.82, 2.24) is 0 Å². The Labute approximate surface area is 160 Å². The van der Waals surface area contributed by atoms with Crippen molar-refractivity contribution in [3.05, 3.63) is 59.1 Å². The van der Waals surface area contributed by atoms with Crippen LogP contribution in [0.25, 0.3) is 0 Å². The van der Waals surface area contributed by atoms with Crippen LogP contribution in [0.1, 0.15) is 38.2 Å². The lowest BCUT2D eigenvalue weighted by Gasteiger charge is -2.39. The lowest BCUT2D eigenvalue weighted by Crippen LogP contribution is -2.45. The average Bonchev–Trinajstić information content (AvgIpc) is 2.64. The summed E-state index contributed by atoms with van der Waals surface area (Å²) in [5.41, 5.74) is 1.10. The van der Waals surface area contributed by atoms with Gasteiger partial charge in [0.15, 0.2) is 0 Å². The first-order valence-electron chi connectivity index (χ1n) is 8.73. The summed E-state index contributed by atoms with van der Waals surface area (Å²) >= 11 is 5.92. The Hall–Kier alpha value is -2.03. The van der Waals surface area contributed by atoms with Crippen molar-refractivity contribution in [2.24, 2.45) is 5.92 Å². The topological polar surface area (TPSA) is 61.2 Å². The Morgan fingerprint density at radius 2 is 1.65 bits per heavy atom. The Bertz CT molecular complexity index is 902. The monoisotopic (exact) mass is 388 g/mol. The summed E-state index contributed by atoms with van der Waals surface area (Å²) in [5, 5.41) is 9.53. The molecule has 0 aromatic heterocycles. The van der Waals surface area contributed by atoms with E-state index in [0.29, 0.717) is 16.3 Å². The fourth-order valence-corrected chi connectivity index (χ4v) is 5.46. The minimum Gasteiger partial charge on any atom is -0.263 e. The Balaban J connectivity index is 2.09. The first kappa shape index (κ1) is 18.8. The van der Waals surface area contributed by atoms with E-state index in [0.717, 1.165) is 25.7 Å². The van der Waals surface area contributed by atoms with E-state index in [1.54, 1.807) is 52.8 Å². The zero-order chi connectivity index (χ0) is 18.7. The third kappa shape index (κ3) is 3.72. The molecule has 1 aliphatic rings. The average molecular weight is 389 g/mol. The molecule has 26 heavy (non-hydrogen) atoms. The van der Waals surface area contributed by atoms with E-state index in [-0.39, 0.29) is 16.9 Å². The van der Waals surface area contributed by atoms with Gasteiger partial charge in [0.2, 0.25) is 0 Å². The van der Waals surface area contributed by atoms with Gasteiger partial charge in [-0.25, -0.2) is 8.42 Å². The molecule has 1 aliphatic carbocycles. The highest BCUT2D eigenvalue weighted by molar-refractivity contribution is 7.92. The first-order valence-corrected chi connectivity index (χ1v) is 10.6. The van der Waals surface area contributed by atoms with Gasteiger partial charge in [-0.1, -0.05) is 31.4 Å². The predicted molar refractivity (Wildman–Crippen MR) is 104 cm³/mol. The molecular weight excluding hydrogens is 368 g/mol. The summed E-state index contributed by atoms with van der Waals surface area (Å²) in [5.74, 6) is 0.265. The van der Waals surface area contributed by atoms with Crippen LogP contribution < -0.4 is 4.31 Å². The van der Waals surface area contributed by atoms with E-state index in [2.05, 4.69) is 13.0 Å². The number of hydrogen-bond donors (Lipinski definition) is 0. The van der Waals surface area contributed by atoms with Gasteiger partial charge in [0.1, 0.15) is 0 Å². The van der Waals surface area contributed by atoms with E-state index in [4.69, 9.17) is 16.9 Å². The second-order valence-electron chi connectivity index (χ2n) is 6.74. The molecule has 4 nitrogen and oxygen atoms in total. The van der Waals surface area contributed by atoms with Crippen molar-refractivity contribution < 1.29 is 8.42 Å². The maximum atomic E-state index is 13.5. The molecule has 2 aromatic rings. The molecule has 0 N–H and O–H groups in total. The van der Waals surface area contributed by atoms with Crippen LogP contribution in [0.3, 0.4) is 0 Å². The molecule has 0 radical (unpaired) electrons. The number of benzene rings is 2. The number of rotatable bonds is 4. The Kier molecular flexibility index (Phi) is 5.55. The van der Waals surface area contributed by atoms with E-state index in [1.165, 1.54) is 0 Å². The summed E-state index contributed by atoms with van der Waals surface area (Å²) in [6.45, 7) is 2.11. The zero-order valence-electron chi connectivity index (χ0n) is 14.6. The molecule has 0 bridgehead atoms. The molecule has 2 aromatic carbocycles. The summed E-state index contributed by atoms with van der Waals surface area (Å²) in [6.07, 6.45) is 3.97. The van der Waals surface area contributed by atoms with Crippen LogP contribution >= 0.6 is 11.6 Å². The third-order valence-corrected chi connectivity index (χ3v) is 7.11. The van der Waals surface area contributed by atoms with Crippen LogP contribution in [0, 0.1) is 17.2 Å². The highest BCUT2D eigenvalue weighted by Crippen LogP contribution is 2.36. The van der Waals surface area contributed by atoms with Gasteiger partial charge in [-0.05, 0) is 67.3 Å². The van der Waals surface area contributed by atoms with E-state index >= 15 is 0 Å². The summed E-state index contributed by atoms with van der Waals surface area (Å²) in [6, 6.07) is 15.0. The molecule has 6 heteroatoms. The molecule has 136 valence electrons. The van der Waals surface area contributed by atoms with Gasteiger partial charge in [0, 0.05) is 11.1 Å². The van der Waals surface area contributed by atoms with E-state index in [9.17, 15) is 8.42 Å². The normalized spacial score (nSPS) is 20.3. The molecule has 0 heterocycles. The Morgan fingerprint density at radius 3 is 2.23 bits per heavy atom. The molecular formula is C20H21ClN2O2S. The number of sulfonamides is 1. The predicted octanol–water partition coefficient (Wildman–Crippen LogP) is 4.99. The van der Waals surface area contributed by atoms with Gasteiger partial charge in [0.25, 0.3) is 10.0 Å². The molecule has 2 atom stereocenters. The second kappa shape index (κ2) is 7.69. The quantitative estimate of drug-likeness (QED) is 0.741. The van der Waals surface area contributed by atoms with Crippen molar-refractivity contribution in [2.45, 2.75) is 43.5 Å². The molecule has 0 spiro atoms. The number of nitrogens with zero attached hydrogens (tertiary/aromatic N) is 2. The smallest absolute Gasteiger partial charge is 0.263 e. The highest BCUT2D eigenvalue weighted by atomic mass is 35.5. The van der Waals surface area contributed by atoms with Gasteiger partial charge >= 0.3 is 0 Å². The van der Waals surface area contributed by atoms with Gasteiger partial charge in [-0.3, -0.25) is 4.31 Å². The van der Waals surface area contributed by atoms with Crippen molar-refractivity contribution in [2.75, 3.05) is 4.31 Å². The summed E-state index contributed by atoms with van der Waals surface area (Å²) in [4.78, 5) is 0.226. The summed E-state index contributed by atoms with van der Waals surface area (Å²) in [7, 11) is -3.73. The van der Waals surface area contributed by atoms with Crippen LogP contribution in [0.5, 0.6) is 0 Å². The molecule has 0 saturated heterocycles. The maximum Gasteiger partial charge on any atom is 0.264 e. The highest BCUT2D eigenvalue weighted by Gasteiger charge is 2.36. The van der Waals surface area contributed by atoms with Crippen molar-refractivity contribution in [3.63, 3.8) is 0 Å². The van der Waals surface area contributed by atoms with Crippen LogP contribution in [-0.4, -0.2) is 14.5 Å². The van der Waals surface area contributed by atoms with Crippen molar-refractivity contribution >= 4 is 27.3 Å². The molecule has 0 amide bonds. The SMILES string of the molecule is CC1CCCCC1N(c1ccc(C#N)cc1)S(=O)(=O)c1ccc(Cl)cc1.